The second-order valence-electron chi connectivity index (χ2n) is 9.24. The van der Waals surface area contributed by atoms with Gasteiger partial charge in [-0.15, -0.1) is 11.3 Å². The molecule has 0 fully saturated rings. The number of likely N-dealkylation sites (N-methyl/N-ethyl adjacent to an activating group) is 1. The number of hydrogen-bond acceptors (Lipinski definition) is 6. The molecule has 0 radical (unpaired) electrons. The van der Waals surface area contributed by atoms with Crippen LogP contribution in [0.1, 0.15) is 29.8 Å². The van der Waals surface area contributed by atoms with E-state index in [1.165, 1.54) is 15.6 Å². The van der Waals surface area contributed by atoms with Gasteiger partial charge in [0.1, 0.15) is 4.21 Å². The highest BCUT2D eigenvalue weighted by Gasteiger charge is 2.32. The first-order chi connectivity index (χ1) is 17.2. The monoisotopic (exact) mass is 528 g/mol. The molecule has 4 rings (SSSR count). The van der Waals surface area contributed by atoms with Crippen LogP contribution in [0, 0.1) is 5.92 Å². The minimum absolute atomic E-state index is 0.131. The first-order valence-corrected chi connectivity index (χ1v) is 14.3. The molecule has 0 unspecified atom stereocenters. The maximum atomic E-state index is 13.8. The van der Waals surface area contributed by atoms with Crippen molar-refractivity contribution in [3.05, 3.63) is 77.2 Å². The maximum Gasteiger partial charge on any atom is 0.254 e. The van der Waals surface area contributed by atoms with Crippen LogP contribution in [0.5, 0.6) is 0 Å². The Bertz CT molecular complexity index is 1290. The molecule has 1 aromatic heterocycles. The number of hydrogen-bond donors (Lipinski definition) is 1. The normalized spacial score (nSPS) is 19.9. The summed E-state index contributed by atoms with van der Waals surface area (Å²) in [6, 6.07) is 18.2. The number of nitrogens with zero attached hydrogens (tertiary/aromatic N) is 2. The Morgan fingerprint density at radius 3 is 2.42 bits per heavy atom. The molecule has 2 aromatic carbocycles. The highest BCUT2D eigenvalue weighted by atomic mass is 32.2. The molecule has 3 aromatic rings. The Morgan fingerprint density at radius 2 is 1.75 bits per heavy atom. The summed E-state index contributed by atoms with van der Waals surface area (Å²) in [4.78, 5) is 15.5. The minimum Gasteiger partial charge on any atom is -0.394 e. The lowest BCUT2D eigenvalue weighted by molar-refractivity contribution is -0.0146. The van der Waals surface area contributed by atoms with Gasteiger partial charge in [-0.25, -0.2) is 8.42 Å². The van der Waals surface area contributed by atoms with Crippen LogP contribution in [0.4, 0.5) is 0 Å². The van der Waals surface area contributed by atoms with E-state index in [-0.39, 0.29) is 35.8 Å². The Labute approximate surface area is 217 Å². The molecule has 192 valence electrons. The Kier molecular flexibility index (Phi) is 8.27. The second-order valence-corrected chi connectivity index (χ2v) is 12.5. The van der Waals surface area contributed by atoms with E-state index in [2.05, 4.69) is 0 Å². The summed E-state index contributed by atoms with van der Waals surface area (Å²) in [6.07, 6.45) is -0.486. The zero-order valence-corrected chi connectivity index (χ0v) is 22.3. The lowest BCUT2D eigenvalue weighted by atomic mass is 9.94. The Morgan fingerprint density at radius 1 is 1.08 bits per heavy atom. The van der Waals surface area contributed by atoms with Crippen LogP contribution in [0.2, 0.25) is 0 Å². The quantitative estimate of drug-likeness (QED) is 0.521. The van der Waals surface area contributed by atoms with Crippen molar-refractivity contribution in [3.63, 3.8) is 0 Å². The number of benzene rings is 2. The molecular formula is C27H32N2O5S2. The third kappa shape index (κ3) is 5.40. The zero-order valence-electron chi connectivity index (χ0n) is 20.7. The molecule has 1 amide bonds. The molecule has 0 saturated carbocycles. The van der Waals surface area contributed by atoms with Crippen molar-refractivity contribution >= 4 is 27.3 Å². The molecule has 1 aliphatic rings. The van der Waals surface area contributed by atoms with Gasteiger partial charge in [-0.1, -0.05) is 55.5 Å². The predicted octanol–water partition coefficient (Wildman–Crippen LogP) is 4.09. The summed E-state index contributed by atoms with van der Waals surface area (Å²) in [6.45, 7) is 4.29. The first kappa shape index (κ1) is 26.5. The van der Waals surface area contributed by atoms with E-state index in [1.807, 2.05) is 62.4 Å². The third-order valence-electron chi connectivity index (χ3n) is 6.69. The van der Waals surface area contributed by atoms with Crippen LogP contribution >= 0.6 is 11.3 Å². The van der Waals surface area contributed by atoms with Gasteiger partial charge in [0.05, 0.1) is 25.4 Å². The molecule has 1 aliphatic heterocycles. The van der Waals surface area contributed by atoms with Crippen molar-refractivity contribution < 1.29 is 23.1 Å². The number of aliphatic hydroxyl groups is 1. The average molecular weight is 529 g/mol. The van der Waals surface area contributed by atoms with Gasteiger partial charge in [-0.05, 0) is 41.1 Å². The fraction of sp³-hybridized carbons (Fsp3) is 0.370. The van der Waals surface area contributed by atoms with Crippen molar-refractivity contribution in [1.29, 1.82) is 0 Å². The van der Waals surface area contributed by atoms with Crippen LogP contribution in [0.25, 0.3) is 11.1 Å². The smallest absolute Gasteiger partial charge is 0.254 e. The van der Waals surface area contributed by atoms with Gasteiger partial charge in [-0.3, -0.25) is 4.79 Å². The van der Waals surface area contributed by atoms with Crippen molar-refractivity contribution in [3.8, 4) is 11.1 Å². The van der Waals surface area contributed by atoms with E-state index < -0.39 is 22.2 Å². The van der Waals surface area contributed by atoms with E-state index in [4.69, 9.17) is 4.74 Å². The highest BCUT2D eigenvalue weighted by molar-refractivity contribution is 7.91. The zero-order chi connectivity index (χ0) is 25.9. The largest absolute Gasteiger partial charge is 0.394 e. The molecule has 0 bridgehead atoms. The van der Waals surface area contributed by atoms with Gasteiger partial charge in [-0.2, -0.15) is 4.31 Å². The van der Waals surface area contributed by atoms with E-state index >= 15 is 0 Å². The molecular weight excluding hydrogens is 496 g/mol. The predicted molar refractivity (Wildman–Crippen MR) is 141 cm³/mol. The van der Waals surface area contributed by atoms with Crippen LogP contribution in [-0.2, 0) is 21.4 Å². The van der Waals surface area contributed by atoms with Gasteiger partial charge in [0.2, 0.25) is 0 Å². The van der Waals surface area contributed by atoms with Gasteiger partial charge < -0.3 is 14.7 Å². The molecule has 3 atom stereocenters. The topological polar surface area (TPSA) is 87.2 Å². The molecule has 36 heavy (non-hydrogen) atoms. The lowest BCUT2D eigenvalue weighted by Crippen LogP contribution is -2.47. The van der Waals surface area contributed by atoms with Gasteiger partial charge in [0.25, 0.3) is 15.9 Å². The summed E-state index contributed by atoms with van der Waals surface area (Å²) >= 11 is 1.18. The lowest BCUT2D eigenvalue weighted by Gasteiger charge is -2.34. The standard InChI is InChI=1S/C27H32N2O5S2/c1-19-15-29(20(2)17-30)27(31)24-12-7-6-11-23(24)22-10-5-4-9-21(22)18-34-25(19)16-28(3)36(32,33)26-13-8-14-35-26/h4-14,19-20,25,30H,15-18H2,1-3H3/t19-,20-,25+/m1/s1. The SMILES string of the molecule is C[C@@H]1CN([C@H](C)CO)C(=O)c2ccccc2-c2ccccc2CO[C@H]1CN(C)S(=O)(=O)c1cccs1. The summed E-state index contributed by atoms with van der Waals surface area (Å²) < 4.78 is 34.2. The highest BCUT2D eigenvalue weighted by Crippen LogP contribution is 2.31. The van der Waals surface area contributed by atoms with Crippen molar-refractivity contribution in [2.75, 3.05) is 26.7 Å². The number of ether oxygens (including phenoxy) is 1. The summed E-state index contributed by atoms with van der Waals surface area (Å²) in [7, 11) is -2.11. The fourth-order valence-corrected chi connectivity index (χ4v) is 6.85. The van der Waals surface area contributed by atoms with E-state index in [0.29, 0.717) is 12.1 Å². The van der Waals surface area contributed by atoms with E-state index in [9.17, 15) is 18.3 Å². The number of aliphatic hydroxyl groups excluding tert-OH is 1. The van der Waals surface area contributed by atoms with Crippen molar-refractivity contribution in [2.24, 2.45) is 5.92 Å². The number of rotatable bonds is 6. The number of sulfonamides is 1. The molecule has 2 heterocycles. The Hall–Kier alpha value is -2.56. The molecule has 9 heteroatoms. The first-order valence-electron chi connectivity index (χ1n) is 11.9. The molecule has 0 spiro atoms. The average Bonchev–Trinajstić information content (AvgIpc) is 3.44. The number of carbonyl (C=O) groups excluding carboxylic acids is 1. The molecule has 7 nitrogen and oxygen atoms in total. The number of carbonyl (C=O) groups is 1. The third-order valence-corrected chi connectivity index (χ3v) is 9.89. The van der Waals surface area contributed by atoms with E-state index in [1.54, 1.807) is 29.5 Å². The fourth-order valence-electron chi connectivity index (χ4n) is 4.47. The van der Waals surface area contributed by atoms with Gasteiger partial charge in [0, 0.05) is 31.6 Å². The minimum atomic E-state index is -3.66. The molecule has 0 aliphatic carbocycles. The summed E-state index contributed by atoms with van der Waals surface area (Å²) in [5.41, 5.74) is 3.18. The number of amides is 1. The molecule has 0 saturated heterocycles. The number of thiophene rings is 1. The van der Waals surface area contributed by atoms with Crippen LogP contribution in [0.15, 0.2) is 70.3 Å². The van der Waals surface area contributed by atoms with Crippen LogP contribution in [0.3, 0.4) is 0 Å². The summed E-state index contributed by atoms with van der Waals surface area (Å²) in [5, 5.41) is 11.7. The molecule has 1 N–H and O–H groups in total. The Balaban J connectivity index is 1.74. The van der Waals surface area contributed by atoms with Gasteiger partial charge >= 0.3 is 0 Å². The summed E-state index contributed by atoms with van der Waals surface area (Å²) in [5.74, 6) is -0.379. The second kappa shape index (κ2) is 11.2. The van der Waals surface area contributed by atoms with Crippen LogP contribution < -0.4 is 0 Å². The van der Waals surface area contributed by atoms with E-state index in [0.717, 1.165) is 16.7 Å². The number of fused-ring (bicyclic) bond motifs is 3. The van der Waals surface area contributed by atoms with Crippen molar-refractivity contribution in [2.45, 2.75) is 36.8 Å². The maximum absolute atomic E-state index is 13.8. The van der Waals surface area contributed by atoms with Crippen LogP contribution in [-0.4, -0.2) is 67.5 Å². The van der Waals surface area contributed by atoms with Gasteiger partial charge in [0.15, 0.2) is 0 Å². The van der Waals surface area contributed by atoms with Crippen molar-refractivity contribution in [1.82, 2.24) is 9.21 Å².